The maximum atomic E-state index is 6.49. The van der Waals surface area contributed by atoms with Crippen LogP contribution < -0.4 is 5.32 Å². The first-order valence-electron chi connectivity index (χ1n) is 9.29. The van der Waals surface area contributed by atoms with Crippen LogP contribution in [0.1, 0.15) is 65.2 Å². The highest BCUT2D eigenvalue weighted by atomic mass is 16.5. The summed E-state index contributed by atoms with van der Waals surface area (Å²) in [7, 11) is 0. The molecule has 1 aliphatic carbocycles. The molecule has 0 amide bonds. The maximum Gasteiger partial charge on any atom is 0.0710 e. The van der Waals surface area contributed by atoms with Gasteiger partial charge in [-0.05, 0) is 57.5 Å². The minimum atomic E-state index is 0.305. The fourth-order valence-electron chi connectivity index (χ4n) is 4.59. The lowest BCUT2D eigenvalue weighted by molar-refractivity contribution is -0.0505. The topological polar surface area (TPSA) is 24.5 Å². The Labute approximate surface area is 130 Å². The van der Waals surface area contributed by atoms with Gasteiger partial charge in [-0.15, -0.1) is 0 Å². The molecule has 1 saturated carbocycles. The van der Waals surface area contributed by atoms with Crippen LogP contribution in [0.5, 0.6) is 0 Å². The first kappa shape index (κ1) is 15.8. The Balaban J connectivity index is 1.42. The van der Waals surface area contributed by atoms with E-state index >= 15 is 0 Å². The van der Waals surface area contributed by atoms with Gasteiger partial charge >= 0.3 is 0 Å². The summed E-state index contributed by atoms with van der Waals surface area (Å²) >= 11 is 0. The van der Waals surface area contributed by atoms with Crippen molar-refractivity contribution in [2.24, 2.45) is 5.92 Å². The van der Waals surface area contributed by atoms with Crippen molar-refractivity contribution in [3.8, 4) is 0 Å². The number of rotatable bonds is 5. The Hall–Kier alpha value is -0.120. The normalized spacial score (nSPS) is 33.3. The third kappa shape index (κ3) is 4.20. The lowest BCUT2D eigenvalue weighted by Gasteiger charge is -2.35. The van der Waals surface area contributed by atoms with E-state index in [2.05, 4.69) is 24.1 Å². The van der Waals surface area contributed by atoms with Crippen molar-refractivity contribution in [3.05, 3.63) is 0 Å². The standard InChI is InChI=1S/C18H34N2O/c1-15(2)19-12-16-6-5-11-20(13-16)14-17-7-10-18(21-17)8-3-4-9-18/h15-17,19H,3-14H2,1-2H3. The van der Waals surface area contributed by atoms with Crippen LogP contribution in [0.3, 0.4) is 0 Å². The molecule has 2 saturated heterocycles. The molecule has 21 heavy (non-hydrogen) atoms. The van der Waals surface area contributed by atoms with Crippen LogP contribution in [-0.2, 0) is 4.74 Å². The van der Waals surface area contributed by atoms with Crippen molar-refractivity contribution in [1.29, 1.82) is 0 Å². The summed E-state index contributed by atoms with van der Waals surface area (Å²) in [6, 6.07) is 0.612. The molecule has 2 atom stereocenters. The number of nitrogens with zero attached hydrogens (tertiary/aromatic N) is 1. The summed E-state index contributed by atoms with van der Waals surface area (Å²) < 4.78 is 6.49. The zero-order chi connectivity index (χ0) is 14.7. The van der Waals surface area contributed by atoms with Gasteiger partial charge in [-0.25, -0.2) is 0 Å². The van der Waals surface area contributed by atoms with Gasteiger partial charge in [0.1, 0.15) is 0 Å². The molecule has 3 heteroatoms. The number of ether oxygens (including phenoxy) is 1. The molecule has 0 aromatic heterocycles. The van der Waals surface area contributed by atoms with Crippen molar-refractivity contribution < 1.29 is 4.74 Å². The zero-order valence-corrected chi connectivity index (χ0v) is 14.1. The largest absolute Gasteiger partial charge is 0.370 e. The number of likely N-dealkylation sites (tertiary alicyclic amines) is 1. The predicted octanol–water partition coefficient (Wildman–Crippen LogP) is 3.19. The van der Waals surface area contributed by atoms with Gasteiger partial charge in [0.2, 0.25) is 0 Å². The zero-order valence-electron chi connectivity index (χ0n) is 14.1. The predicted molar refractivity (Wildman–Crippen MR) is 87.6 cm³/mol. The molecule has 3 aliphatic rings. The molecule has 3 nitrogen and oxygen atoms in total. The summed E-state index contributed by atoms with van der Waals surface area (Å²) in [4.78, 5) is 2.68. The molecule has 1 spiro atoms. The van der Waals surface area contributed by atoms with Crippen LogP contribution in [-0.4, -0.2) is 48.8 Å². The van der Waals surface area contributed by atoms with E-state index in [1.165, 1.54) is 77.5 Å². The highest BCUT2D eigenvalue weighted by molar-refractivity contribution is 4.93. The Bertz CT molecular complexity index is 325. The van der Waals surface area contributed by atoms with Gasteiger partial charge in [0.15, 0.2) is 0 Å². The van der Waals surface area contributed by atoms with Gasteiger partial charge in [-0.1, -0.05) is 26.7 Å². The fourth-order valence-corrected chi connectivity index (χ4v) is 4.59. The van der Waals surface area contributed by atoms with Crippen molar-refractivity contribution in [1.82, 2.24) is 10.2 Å². The lowest BCUT2D eigenvalue weighted by Crippen LogP contribution is -2.44. The third-order valence-corrected chi connectivity index (χ3v) is 5.73. The molecule has 2 unspecified atom stereocenters. The molecule has 0 aromatic rings. The molecule has 2 aliphatic heterocycles. The Morgan fingerprint density at radius 2 is 1.95 bits per heavy atom. The average molecular weight is 294 g/mol. The van der Waals surface area contributed by atoms with Gasteiger partial charge in [0.25, 0.3) is 0 Å². The van der Waals surface area contributed by atoms with Crippen LogP contribution in [0.15, 0.2) is 0 Å². The van der Waals surface area contributed by atoms with Crippen LogP contribution >= 0.6 is 0 Å². The molecular weight excluding hydrogens is 260 g/mol. The lowest BCUT2D eigenvalue weighted by atomic mass is 9.96. The van der Waals surface area contributed by atoms with E-state index in [0.717, 1.165) is 5.92 Å². The summed E-state index contributed by atoms with van der Waals surface area (Å²) in [5.41, 5.74) is 0.305. The van der Waals surface area contributed by atoms with Crippen LogP contribution in [0.2, 0.25) is 0 Å². The Morgan fingerprint density at radius 1 is 1.14 bits per heavy atom. The number of nitrogens with one attached hydrogen (secondary N) is 1. The minimum absolute atomic E-state index is 0.305. The summed E-state index contributed by atoms with van der Waals surface area (Å²) in [6.07, 6.45) is 11.3. The molecule has 0 radical (unpaired) electrons. The van der Waals surface area contributed by atoms with Crippen LogP contribution in [0, 0.1) is 5.92 Å². The van der Waals surface area contributed by atoms with Gasteiger partial charge in [0.05, 0.1) is 11.7 Å². The first-order valence-corrected chi connectivity index (χ1v) is 9.29. The van der Waals surface area contributed by atoms with E-state index in [4.69, 9.17) is 4.74 Å². The van der Waals surface area contributed by atoms with Gasteiger partial charge in [-0.3, -0.25) is 0 Å². The molecule has 1 N–H and O–H groups in total. The van der Waals surface area contributed by atoms with Crippen LogP contribution in [0.25, 0.3) is 0 Å². The quantitative estimate of drug-likeness (QED) is 0.843. The molecule has 3 fully saturated rings. The smallest absolute Gasteiger partial charge is 0.0710 e. The summed E-state index contributed by atoms with van der Waals surface area (Å²) in [5.74, 6) is 0.836. The second-order valence-corrected chi connectivity index (χ2v) is 8.00. The SMILES string of the molecule is CC(C)NCC1CCCN(CC2CCC3(CCCC3)O2)C1. The van der Waals surface area contributed by atoms with Crippen LogP contribution in [0.4, 0.5) is 0 Å². The molecule has 122 valence electrons. The van der Waals surface area contributed by atoms with Gasteiger partial charge in [0, 0.05) is 19.1 Å². The first-order chi connectivity index (χ1) is 10.2. The second-order valence-electron chi connectivity index (χ2n) is 8.00. The van der Waals surface area contributed by atoms with E-state index in [1.54, 1.807) is 0 Å². The van der Waals surface area contributed by atoms with Gasteiger partial charge < -0.3 is 15.0 Å². The van der Waals surface area contributed by atoms with E-state index in [-0.39, 0.29) is 0 Å². The number of hydrogen-bond acceptors (Lipinski definition) is 3. The Kier molecular flexibility index (Phi) is 5.23. The average Bonchev–Trinajstić information content (AvgIpc) is 3.08. The third-order valence-electron chi connectivity index (χ3n) is 5.73. The summed E-state index contributed by atoms with van der Waals surface area (Å²) in [6.45, 7) is 9.41. The van der Waals surface area contributed by atoms with E-state index < -0.39 is 0 Å². The highest BCUT2D eigenvalue weighted by Crippen LogP contribution is 2.43. The van der Waals surface area contributed by atoms with Crippen molar-refractivity contribution in [2.75, 3.05) is 26.2 Å². The maximum absolute atomic E-state index is 6.49. The number of piperidine rings is 1. The molecule has 0 aromatic carbocycles. The van der Waals surface area contributed by atoms with E-state index in [1.807, 2.05) is 0 Å². The van der Waals surface area contributed by atoms with Crippen molar-refractivity contribution >= 4 is 0 Å². The number of hydrogen-bond donors (Lipinski definition) is 1. The monoisotopic (exact) mass is 294 g/mol. The summed E-state index contributed by atoms with van der Waals surface area (Å²) in [5, 5.41) is 3.61. The van der Waals surface area contributed by atoms with Crippen molar-refractivity contribution in [2.45, 2.75) is 83.0 Å². The molecular formula is C18H34N2O. The fraction of sp³-hybridized carbons (Fsp3) is 1.00. The second kappa shape index (κ2) is 6.97. The van der Waals surface area contributed by atoms with E-state index in [9.17, 15) is 0 Å². The molecule has 3 rings (SSSR count). The molecule has 2 heterocycles. The molecule has 0 bridgehead atoms. The van der Waals surface area contributed by atoms with Gasteiger partial charge in [-0.2, -0.15) is 0 Å². The Morgan fingerprint density at radius 3 is 2.71 bits per heavy atom. The van der Waals surface area contributed by atoms with Crippen molar-refractivity contribution in [3.63, 3.8) is 0 Å². The highest BCUT2D eigenvalue weighted by Gasteiger charge is 2.42. The van der Waals surface area contributed by atoms with E-state index in [0.29, 0.717) is 17.7 Å². The minimum Gasteiger partial charge on any atom is -0.370 e.